The van der Waals surface area contributed by atoms with Gasteiger partial charge < -0.3 is 5.32 Å². The van der Waals surface area contributed by atoms with Crippen LogP contribution in [0.25, 0.3) is 0 Å². The van der Waals surface area contributed by atoms with Crippen LogP contribution in [0.4, 0.5) is 0 Å². The number of benzene rings is 1. The van der Waals surface area contributed by atoms with Crippen LogP contribution in [0, 0.1) is 11.3 Å². The van der Waals surface area contributed by atoms with Crippen LogP contribution in [0.5, 0.6) is 0 Å². The summed E-state index contributed by atoms with van der Waals surface area (Å²) in [7, 11) is 2.10. The number of likely N-dealkylation sites (N-methyl/N-ethyl adjacent to an activating group) is 1. The standard InChI is InChI=1S/C20H31N3O/c1-16(2)9-10-21-19(24)18-11-20(13-22(18)3)14-23(15-20)12-17-7-5-4-6-8-17/h4-8,16,18H,9-15H2,1-3H3,(H,21,24)/t18-/m0/s1. The van der Waals surface area contributed by atoms with E-state index in [0.717, 1.165) is 45.6 Å². The predicted molar refractivity (Wildman–Crippen MR) is 97.7 cm³/mol. The predicted octanol–water partition coefficient (Wildman–Crippen LogP) is 2.36. The molecular weight excluding hydrogens is 298 g/mol. The highest BCUT2D eigenvalue weighted by atomic mass is 16.2. The molecule has 0 aliphatic carbocycles. The summed E-state index contributed by atoms with van der Waals surface area (Å²) >= 11 is 0. The summed E-state index contributed by atoms with van der Waals surface area (Å²) in [5, 5.41) is 3.13. The normalized spacial score (nSPS) is 23.6. The molecule has 1 atom stereocenters. The fourth-order valence-electron chi connectivity index (χ4n) is 4.25. The number of hydrogen-bond acceptors (Lipinski definition) is 3. The van der Waals surface area contributed by atoms with Crippen molar-refractivity contribution in [3.8, 4) is 0 Å². The highest BCUT2D eigenvalue weighted by Crippen LogP contribution is 2.42. The van der Waals surface area contributed by atoms with E-state index in [1.807, 2.05) is 0 Å². The number of carbonyl (C=O) groups excluding carboxylic acids is 1. The SMILES string of the molecule is CC(C)CCNC(=O)[C@@H]1CC2(CN(Cc3ccccc3)C2)CN1C. The van der Waals surface area contributed by atoms with Crippen LogP contribution in [0.15, 0.2) is 30.3 Å². The van der Waals surface area contributed by atoms with Crippen LogP contribution in [0.1, 0.15) is 32.3 Å². The summed E-state index contributed by atoms with van der Waals surface area (Å²) in [5.74, 6) is 0.854. The Balaban J connectivity index is 1.47. The lowest BCUT2D eigenvalue weighted by molar-refractivity contribution is -0.125. The first-order valence-electron chi connectivity index (χ1n) is 9.22. The Labute approximate surface area is 146 Å². The van der Waals surface area contributed by atoms with Crippen LogP contribution in [0.3, 0.4) is 0 Å². The average Bonchev–Trinajstić information content (AvgIpc) is 2.85. The fourth-order valence-corrected chi connectivity index (χ4v) is 4.25. The number of rotatable bonds is 6. The monoisotopic (exact) mass is 329 g/mol. The maximum Gasteiger partial charge on any atom is 0.237 e. The van der Waals surface area contributed by atoms with Gasteiger partial charge in [0.2, 0.25) is 5.91 Å². The molecule has 1 aromatic carbocycles. The lowest BCUT2D eigenvalue weighted by Crippen LogP contribution is -2.56. The third-order valence-corrected chi connectivity index (χ3v) is 5.43. The van der Waals surface area contributed by atoms with Gasteiger partial charge in [-0.25, -0.2) is 0 Å². The van der Waals surface area contributed by atoms with Gasteiger partial charge in [-0.05, 0) is 31.4 Å². The van der Waals surface area contributed by atoms with E-state index in [9.17, 15) is 4.79 Å². The van der Waals surface area contributed by atoms with E-state index in [1.54, 1.807) is 0 Å². The zero-order chi connectivity index (χ0) is 17.2. The van der Waals surface area contributed by atoms with Gasteiger partial charge in [-0.2, -0.15) is 0 Å². The van der Waals surface area contributed by atoms with Gasteiger partial charge in [-0.1, -0.05) is 44.2 Å². The molecule has 132 valence electrons. The summed E-state index contributed by atoms with van der Waals surface area (Å²) in [6, 6.07) is 10.7. The van der Waals surface area contributed by atoms with Crippen LogP contribution in [0.2, 0.25) is 0 Å². The molecule has 0 aromatic heterocycles. The van der Waals surface area contributed by atoms with Gasteiger partial charge in [0.05, 0.1) is 6.04 Å². The molecule has 2 saturated heterocycles. The second-order valence-electron chi connectivity index (χ2n) is 8.24. The molecule has 0 radical (unpaired) electrons. The van der Waals surface area contributed by atoms with Gasteiger partial charge in [0, 0.05) is 38.1 Å². The maximum atomic E-state index is 12.5. The summed E-state index contributed by atoms with van der Waals surface area (Å²) in [4.78, 5) is 17.2. The largest absolute Gasteiger partial charge is 0.355 e. The van der Waals surface area contributed by atoms with Crippen molar-refractivity contribution in [1.82, 2.24) is 15.1 Å². The maximum absolute atomic E-state index is 12.5. The van der Waals surface area contributed by atoms with Crippen molar-refractivity contribution in [3.63, 3.8) is 0 Å². The third kappa shape index (κ3) is 3.98. The molecule has 2 heterocycles. The Kier molecular flexibility index (Phi) is 5.26. The molecule has 4 nitrogen and oxygen atoms in total. The molecular formula is C20H31N3O. The number of nitrogens with one attached hydrogen (secondary N) is 1. The van der Waals surface area contributed by atoms with Crippen LogP contribution in [-0.2, 0) is 11.3 Å². The van der Waals surface area contributed by atoms with Crippen molar-refractivity contribution < 1.29 is 4.79 Å². The minimum atomic E-state index is 0.0519. The van der Waals surface area contributed by atoms with Crippen molar-refractivity contribution in [1.29, 1.82) is 0 Å². The highest BCUT2D eigenvalue weighted by molar-refractivity contribution is 5.82. The quantitative estimate of drug-likeness (QED) is 0.870. The summed E-state index contributed by atoms with van der Waals surface area (Å²) < 4.78 is 0. The van der Waals surface area contributed by atoms with Crippen molar-refractivity contribution in [2.24, 2.45) is 11.3 Å². The van der Waals surface area contributed by atoms with E-state index in [2.05, 4.69) is 66.3 Å². The van der Waals surface area contributed by atoms with E-state index in [0.29, 0.717) is 11.3 Å². The number of carbonyl (C=O) groups is 1. The minimum Gasteiger partial charge on any atom is -0.355 e. The van der Waals surface area contributed by atoms with E-state index in [1.165, 1.54) is 5.56 Å². The topological polar surface area (TPSA) is 35.6 Å². The molecule has 3 rings (SSSR count). The molecule has 24 heavy (non-hydrogen) atoms. The summed E-state index contributed by atoms with van der Waals surface area (Å²) in [6.07, 6.45) is 2.06. The first kappa shape index (κ1) is 17.4. The van der Waals surface area contributed by atoms with Gasteiger partial charge in [0.1, 0.15) is 0 Å². The third-order valence-electron chi connectivity index (χ3n) is 5.43. The summed E-state index contributed by atoms with van der Waals surface area (Å²) in [5.41, 5.74) is 1.70. The second kappa shape index (κ2) is 7.24. The van der Waals surface area contributed by atoms with Gasteiger partial charge >= 0.3 is 0 Å². The Morgan fingerprint density at radius 2 is 1.96 bits per heavy atom. The molecule has 2 fully saturated rings. The number of amides is 1. The smallest absolute Gasteiger partial charge is 0.237 e. The van der Waals surface area contributed by atoms with E-state index < -0.39 is 0 Å². The van der Waals surface area contributed by atoms with E-state index in [-0.39, 0.29) is 11.9 Å². The van der Waals surface area contributed by atoms with Crippen molar-refractivity contribution in [2.45, 2.75) is 39.3 Å². The average molecular weight is 329 g/mol. The zero-order valence-electron chi connectivity index (χ0n) is 15.3. The van der Waals surface area contributed by atoms with Crippen molar-refractivity contribution in [2.75, 3.05) is 33.2 Å². The Hall–Kier alpha value is -1.39. The van der Waals surface area contributed by atoms with Gasteiger partial charge in [-0.15, -0.1) is 0 Å². The lowest BCUT2D eigenvalue weighted by Gasteiger charge is -2.48. The Bertz CT molecular complexity index is 551. The number of nitrogens with zero attached hydrogens (tertiary/aromatic N) is 2. The Morgan fingerprint density at radius 1 is 1.25 bits per heavy atom. The molecule has 1 N–H and O–H groups in total. The number of hydrogen-bond donors (Lipinski definition) is 1. The highest BCUT2D eigenvalue weighted by Gasteiger charge is 2.51. The minimum absolute atomic E-state index is 0.0519. The number of likely N-dealkylation sites (tertiary alicyclic amines) is 2. The molecule has 2 aliphatic rings. The molecule has 0 unspecified atom stereocenters. The lowest BCUT2D eigenvalue weighted by atomic mass is 9.77. The first-order valence-corrected chi connectivity index (χ1v) is 9.22. The van der Waals surface area contributed by atoms with Crippen LogP contribution in [-0.4, -0.2) is 55.0 Å². The zero-order valence-corrected chi connectivity index (χ0v) is 15.3. The van der Waals surface area contributed by atoms with Gasteiger partial charge in [0.15, 0.2) is 0 Å². The van der Waals surface area contributed by atoms with Gasteiger partial charge in [-0.3, -0.25) is 14.6 Å². The van der Waals surface area contributed by atoms with Crippen molar-refractivity contribution >= 4 is 5.91 Å². The van der Waals surface area contributed by atoms with E-state index in [4.69, 9.17) is 0 Å². The van der Waals surface area contributed by atoms with E-state index >= 15 is 0 Å². The Morgan fingerprint density at radius 3 is 2.62 bits per heavy atom. The second-order valence-corrected chi connectivity index (χ2v) is 8.24. The molecule has 2 aliphatic heterocycles. The first-order chi connectivity index (χ1) is 11.5. The molecule has 4 heteroatoms. The fraction of sp³-hybridized carbons (Fsp3) is 0.650. The van der Waals surface area contributed by atoms with Crippen LogP contribution >= 0.6 is 0 Å². The molecule has 0 bridgehead atoms. The van der Waals surface area contributed by atoms with Crippen molar-refractivity contribution in [3.05, 3.63) is 35.9 Å². The molecule has 1 aromatic rings. The van der Waals surface area contributed by atoms with Gasteiger partial charge in [0.25, 0.3) is 0 Å². The molecule has 1 amide bonds. The summed E-state index contributed by atoms with van der Waals surface area (Å²) in [6.45, 7) is 9.48. The van der Waals surface area contributed by atoms with Crippen LogP contribution < -0.4 is 5.32 Å². The molecule has 0 saturated carbocycles. The molecule has 1 spiro atoms.